The number of benzene rings is 6. The monoisotopic (exact) mass is 1020 g/mol. The molecular weight excluding hydrogens is 927 g/mol. The molecule has 0 fully saturated rings. The zero-order valence-corrected chi connectivity index (χ0v) is 47.9. The van der Waals surface area contributed by atoms with Gasteiger partial charge in [-0.25, -0.2) is 5.48 Å². The van der Waals surface area contributed by atoms with Crippen LogP contribution in [0.4, 0.5) is 0 Å². The third-order valence-corrected chi connectivity index (χ3v) is 16.5. The summed E-state index contributed by atoms with van der Waals surface area (Å²) in [6.07, 6.45) is 6.90. The normalized spacial score (nSPS) is 12.9. The van der Waals surface area contributed by atoms with E-state index in [-0.39, 0.29) is 46.7 Å². The van der Waals surface area contributed by atoms with Gasteiger partial charge in [-0.2, -0.15) is 0 Å². The maximum atomic E-state index is 11.5. The lowest BCUT2D eigenvalue weighted by molar-refractivity contribution is -0.136. The van der Waals surface area contributed by atoms with E-state index in [1.54, 1.807) is 5.48 Å². The molecule has 75 heavy (non-hydrogen) atoms. The fourth-order valence-corrected chi connectivity index (χ4v) is 11.0. The quantitative estimate of drug-likeness (QED) is 0.0383. The third-order valence-electron chi connectivity index (χ3n) is 16.5. The summed E-state index contributed by atoms with van der Waals surface area (Å²) in [7, 11) is 0. The SMILES string of the molecule is CCC(CC)(c1ccc(CCC(O)C(C)(C)C)c(C)c1)c1ccc(-c2ccc(CC(=O)NO)cc2)c(C)c1.CCC(CC)(c1ccc(CCC(O)C(C)(C)C)c(C)c1)c1ccc(-c2ccc(CC(=O)O)cc2)c(C)c1. The molecule has 0 spiro atoms. The molecule has 402 valence electrons. The van der Waals surface area contributed by atoms with Crippen molar-refractivity contribution in [3.05, 3.63) is 188 Å². The van der Waals surface area contributed by atoms with E-state index in [1.807, 2.05) is 48.5 Å². The largest absolute Gasteiger partial charge is 0.481 e. The Kier molecular flexibility index (Phi) is 20.6. The average molecular weight is 1020 g/mol. The molecule has 0 aromatic heterocycles. The van der Waals surface area contributed by atoms with Crippen molar-refractivity contribution in [1.29, 1.82) is 0 Å². The molecule has 5 N–H and O–H groups in total. The van der Waals surface area contributed by atoms with Crippen LogP contribution < -0.4 is 5.48 Å². The van der Waals surface area contributed by atoms with Gasteiger partial charge < -0.3 is 15.3 Å². The zero-order valence-electron chi connectivity index (χ0n) is 47.9. The number of aliphatic hydroxyl groups is 2. The summed E-state index contributed by atoms with van der Waals surface area (Å²) in [6, 6.07) is 43.3. The van der Waals surface area contributed by atoms with Gasteiger partial charge in [0, 0.05) is 10.8 Å². The zero-order chi connectivity index (χ0) is 55.5. The maximum Gasteiger partial charge on any atom is 0.307 e. The van der Waals surface area contributed by atoms with Crippen LogP contribution in [0.15, 0.2) is 121 Å². The van der Waals surface area contributed by atoms with Crippen LogP contribution in [0.25, 0.3) is 22.3 Å². The van der Waals surface area contributed by atoms with E-state index >= 15 is 0 Å². The summed E-state index contributed by atoms with van der Waals surface area (Å²) >= 11 is 0. The first-order chi connectivity index (χ1) is 35.4. The molecule has 0 saturated carbocycles. The number of aryl methyl sites for hydroxylation is 6. The minimum absolute atomic E-state index is 0.0447. The summed E-state index contributed by atoms with van der Waals surface area (Å²) in [5.74, 6) is -1.23. The lowest BCUT2D eigenvalue weighted by Crippen LogP contribution is -2.27. The molecule has 2 atom stereocenters. The van der Waals surface area contributed by atoms with Crippen LogP contribution in [0, 0.1) is 38.5 Å². The second-order valence-electron chi connectivity index (χ2n) is 23.4. The smallest absolute Gasteiger partial charge is 0.307 e. The Morgan fingerprint density at radius 3 is 1.07 bits per heavy atom. The van der Waals surface area contributed by atoms with Crippen molar-refractivity contribution in [3.8, 4) is 22.3 Å². The number of nitrogens with one attached hydrogen (secondary N) is 1. The summed E-state index contributed by atoms with van der Waals surface area (Å²) in [6.45, 7) is 30.4. The fraction of sp³-hybridized carbons (Fsp3) is 0.441. The molecule has 0 saturated heterocycles. The van der Waals surface area contributed by atoms with Crippen molar-refractivity contribution in [2.75, 3.05) is 0 Å². The molecule has 7 nitrogen and oxygen atoms in total. The molecule has 1 amide bonds. The first-order valence-corrected chi connectivity index (χ1v) is 27.5. The highest BCUT2D eigenvalue weighted by Gasteiger charge is 2.33. The minimum Gasteiger partial charge on any atom is -0.481 e. The van der Waals surface area contributed by atoms with E-state index < -0.39 is 11.9 Å². The maximum absolute atomic E-state index is 11.5. The van der Waals surface area contributed by atoms with Gasteiger partial charge in [0.2, 0.25) is 5.91 Å². The van der Waals surface area contributed by atoms with Gasteiger partial charge in [0.05, 0.1) is 25.0 Å². The van der Waals surface area contributed by atoms with E-state index in [0.717, 1.165) is 73.6 Å². The van der Waals surface area contributed by atoms with Crippen LogP contribution in [0.2, 0.25) is 0 Å². The van der Waals surface area contributed by atoms with Crippen LogP contribution in [0.3, 0.4) is 0 Å². The van der Waals surface area contributed by atoms with E-state index in [0.29, 0.717) is 0 Å². The summed E-state index contributed by atoms with van der Waals surface area (Å²) in [5.41, 5.74) is 20.6. The number of hydrogen-bond acceptors (Lipinski definition) is 5. The number of hydroxylamine groups is 1. The highest BCUT2D eigenvalue weighted by Crippen LogP contribution is 2.43. The first kappa shape index (κ1) is 60.0. The number of hydrogen-bond donors (Lipinski definition) is 5. The van der Waals surface area contributed by atoms with Crippen LogP contribution in [-0.4, -0.2) is 44.6 Å². The molecule has 6 aromatic carbocycles. The van der Waals surface area contributed by atoms with Crippen molar-refractivity contribution >= 4 is 11.9 Å². The van der Waals surface area contributed by atoms with Crippen LogP contribution in [-0.2, 0) is 46.1 Å². The molecule has 2 unspecified atom stereocenters. The number of carboxylic acid groups (broad SMARTS) is 1. The van der Waals surface area contributed by atoms with Crippen molar-refractivity contribution in [2.45, 2.75) is 184 Å². The van der Waals surface area contributed by atoms with Crippen molar-refractivity contribution in [2.24, 2.45) is 10.8 Å². The first-order valence-electron chi connectivity index (χ1n) is 27.5. The number of carboxylic acids is 1. The van der Waals surface area contributed by atoms with Gasteiger partial charge in [0.15, 0.2) is 0 Å². The van der Waals surface area contributed by atoms with Gasteiger partial charge in [-0.3, -0.25) is 14.8 Å². The second-order valence-corrected chi connectivity index (χ2v) is 23.4. The van der Waals surface area contributed by atoms with Gasteiger partial charge >= 0.3 is 5.97 Å². The van der Waals surface area contributed by atoms with Gasteiger partial charge in [-0.1, -0.05) is 191 Å². The molecule has 0 radical (unpaired) electrons. The van der Waals surface area contributed by atoms with Crippen molar-refractivity contribution < 1.29 is 30.1 Å². The van der Waals surface area contributed by atoms with Gasteiger partial charge in [0.25, 0.3) is 0 Å². The molecule has 0 heterocycles. The average Bonchev–Trinajstić information content (AvgIpc) is 3.37. The standard InChI is InChI=1S/C34H45NO3.C34H44O3/c1-8-34(9-2,28-16-14-26(23(3)20-28)15-19-31(36)33(5,6)7)29-17-18-30(24(4)21-29)27-12-10-25(11-13-27)22-32(37)35-38;1-8-34(9-2,28-16-14-26(23(3)20-28)15-19-31(35)33(5,6)7)29-17-18-30(24(4)21-29)27-12-10-25(11-13-27)22-32(36)37/h10-14,16-18,20-21,31,36,38H,8-9,15,19,22H2,1-7H3,(H,35,37);10-14,16-18,20-21,31,35H,8-9,15,19,22H2,1-7H3,(H,36,37). The van der Waals surface area contributed by atoms with Crippen LogP contribution in [0.1, 0.15) is 175 Å². The van der Waals surface area contributed by atoms with Gasteiger partial charge in [-0.05, 0) is 179 Å². The number of aliphatic hydroxyl groups excluding tert-OH is 2. The van der Waals surface area contributed by atoms with Crippen molar-refractivity contribution in [1.82, 2.24) is 5.48 Å². The number of aliphatic carboxylic acids is 1. The van der Waals surface area contributed by atoms with E-state index in [2.05, 4.69) is 170 Å². The van der Waals surface area contributed by atoms with Crippen molar-refractivity contribution in [3.63, 3.8) is 0 Å². The molecule has 0 aliphatic rings. The van der Waals surface area contributed by atoms with Gasteiger partial charge in [0.1, 0.15) is 0 Å². The second kappa shape index (κ2) is 25.8. The van der Waals surface area contributed by atoms with E-state index in [4.69, 9.17) is 10.3 Å². The lowest BCUT2D eigenvalue weighted by Gasteiger charge is -2.34. The van der Waals surface area contributed by atoms with Crippen LogP contribution in [0.5, 0.6) is 0 Å². The Hall–Kier alpha value is -5.86. The Morgan fingerprint density at radius 1 is 0.467 bits per heavy atom. The Balaban J connectivity index is 0.000000277. The molecule has 6 rings (SSSR count). The minimum atomic E-state index is -0.811. The third kappa shape index (κ3) is 14.8. The highest BCUT2D eigenvalue weighted by molar-refractivity contribution is 5.78. The molecule has 0 aliphatic heterocycles. The number of amides is 1. The highest BCUT2D eigenvalue weighted by atomic mass is 16.5. The van der Waals surface area contributed by atoms with E-state index in [9.17, 15) is 19.8 Å². The molecule has 0 aliphatic carbocycles. The van der Waals surface area contributed by atoms with Gasteiger partial charge in [-0.15, -0.1) is 0 Å². The molecule has 7 heteroatoms. The molecular formula is C68H89NO6. The number of carbonyl (C=O) groups excluding carboxylic acids is 1. The molecule has 6 aromatic rings. The summed E-state index contributed by atoms with van der Waals surface area (Å²) in [5, 5.41) is 38.8. The molecule has 0 bridgehead atoms. The Labute approximate surface area is 450 Å². The predicted octanol–water partition coefficient (Wildman–Crippen LogP) is 15.5. The Morgan fingerprint density at radius 2 is 0.787 bits per heavy atom. The van der Waals surface area contributed by atoms with Crippen LogP contribution >= 0.6 is 0 Å². The lowest BCUT2D eigenvalue weighted by atomic mass is 9.69. The topological polar surface area (TPSA) is 127 Å². The number of carbonyl (C=O) groups is 2. The fourth-order valence-electron chi connectivity index (χ4n) is 11.0. The van der Waals surface area contributed by atoms with E-state index in [1.165, 1.54) is 66.8 Å². The summed E-state index contributed by atoms with van der Waals surface area (Å²) < 4.78 is 0. The number of rotatable bonds is 20. The predicted molar refractivity (Wildman–Crippen MR) is 311 cm³/mol. The summed E-state index contributed by atoms with van der Waals surface area (Å²) in [4.78, 5) is 22.5. The Bertz CT molecular complexity index is 2840.